The van der Waals surface area contributed by atoms with Gasteiger partial charge < -0.3 is 15.9 Å². The second kappa shape index (κ2) is 11.3. The highest BCUT2D eigenvalue weighted by Gasteiger charge is 2.54. The van der Waals surface area contributed by atoms with Crippen molar-refractivity contribution in [3.8, 4) is 11.3 Å². The Morgan fingerprint density at radius 3 is 2.65 bits per heavy atom. The van der Waals surface area contributed by atoms with Gasteiger partial charge in [-0.1, -0.05) is 17.8 Å². The number of thioether (sulfide) groups is 1. The molecule has 208 valence electrons. The van der Waals surface area contributed by atoms with E-state index in [0.717, 1.165) is 27.7 Å². The van der Waals surface area contributed by atoms with Crippen molar-refractivity contribution < 1.29 is 23.8 Å². The Kier molecular flexibility index (Phi) is 7.94. The fourth-order valence-electron chi connectivity index (χ4n) is 4.12. The number of aromatic nitrogens is 4. The first-order valence-corrected chi connectivity index (χ1v) is 15.1. The van der Waals surface area contributed by atoms with Crippen LogP contribution in [0.15, 0.2) is 35.4 Å². The van der Waals surface area contributed by atoms with Gasteiger partial charge in [0.2, 0.25) is 16.7 Å². The van der Waals surface area contributed by atoms with Gasteiger partial charge in [0.1, 0.15) is 35.3 Å². The van der Waals surface area contributed by atoms with Gasteiger partial charge in [-0.3, -0.25) is 19.3 Å². The van der Waals surface area contributed by atoms with Gasteiger partial charge >= 0.3 is 0 Å². The van der Waals surface area contributed by atoms with E-state index in [9.17, 15) is 14.4 Å². The molecule has 0 aliphatic carbocycles. The minimum atomic E-state index is -0.902. The molecule has 0 unspecified atom stereocenters. The zero-order valence-corrected chi connectivity index (χ0v) is 25.2. The molecule has 0 spiro atoms. The third kappa shape index (κ3) is 5.35. The summed E-state index contributed by atoms with van der Waals surface area (Å²) in [6.07, 6.45) is 3.57. The van der Waals surface area contributed by atoms with Crippen molar-refractivity contribution in [2.45, 2.75) is 38.3 Å². The van der Waals surface area contributed by atoms with Crippen molar-refractivity contribution >= 4 is 80.6 Å². The molecule has 5 heterocycles. The number of nitrogens with one attached hydrogen (secondary N) is 1. The summed E-state index contributed by atoms with van der Waals surface area (Å²) in [5, 5.41) is 6.34. The summed E-state index contributed by atoms with van der Waals surface area (Å²) in [4.78, 5) is 55.7. The number of β-lactam (4-membered cyclic amide) rings is 1. The molecule has 3 aromatic rings. The third-order valence-corrected chi connectivity index (χ3v) is 9.05. The van der Waals surface area contributed by atoms with Crippen LogP contribution >= 0.6 is 47.3 Å². The molecule has 5 rings (SSSR count). The number of thiazole rings is 1. The van der Waals surface area contributed by atoms with Gasteiger partial charge in [0.15, 0.2) is 17.5 Å². The maximum Gasteiger partial charge on any atom is 0.278 e. The molecule has 0 aromatic carbocycles. The van der Waals surface area contributed by atoms with Crippen LogP contribution < -0.4 is 15.6 Å². The maximum atomic E-state index is 13.3. The lowest BCUT2D eigenvalue weighted by Gasteiger charge is -2.49. The molecule has 12 nitrogen and oxygen atoms in total. The van der Waals surface area contributed by atoms with Crippen LogP contribution in [0.5, 0.6) is 0 Å². The Labute approximate surface area is 247 Å². The quantitative estimate of drug-likeness (QED) is 0.113. The summed E-state index contributed by atoms with van der Waals surface area (Å²) in [7, 11) is 1.94. The van der Waals surface area contributed by atoms with E-state index in [1.807, 2.05) is 43.1 Å². The number of nitrogens with zero attached hydrogens (tertiary/aromatic N) is 6. The van der Waals surface area contributed by atoms with Crippen LogP contribution in [0.3, 0.4) is 0 Å². The average Bonchev–Trinajstić information content (AvgIpc) is 3.52. The molecule has 1 fully saturated rings. The molecule has 2 aliphatic rings. The van der Waals surface area contributed by atoms with Gasteiger partial charge in [-0.25, -0.2) is 9.55 Å². The zero-order valence-electron chi connectivity index (χ0n) is 21.8. The Balaban J connectivity index is 1.40. The van der Waals surface area contributed by atoms with Crippen molar-refractivity contribution in [3.05, 3.63) is 45.9 Å². The number of oxime groups is 1. The van der Waals surface area contributed by atoms with Gasteiger partial charge in [0, 0.05) is 45.4 Å². The smallest absolute Gasteiger partial charge is 0.278 e. The number of carbonyl (C=O) groups excluding carboxylic acids is 3. The summed E-state index contributed by atoms with van der Waals surface area (Å²) in [5.41, 5.74) is 8.06. The second-order valence-corrected chi connectivity index (χ2v) is 12.7. The second-order valence-electron chi connectivity index (χ2n) is 9.22. The molecule has 0 bridgehead atoms. The molecule has 40 heavy (non-hydrogen) atoms. The molecule has 1 saturated heterocycles. The van der Waals surface area contributed by atoms with Crippen molar-refractivity contribution in [2.24, 2.45) is 12.2 Å². The average molecular weight is 618 g/mol. The van der Waals surface area contributed by atoms with Crippen LogP contribution in [-0.4, -0.2) is 65.2 Å². The number of hydrogen-bond acceptors (Lipinski definition) is 12. The number of fused-ring (bicyclic) bond motifs is 1. The normalized spacial score (nSPS) is 19.0. The third-order valence-electron chi connectivity index (χ3n) is 5.99. The first kappa shape index (κ1) is 28.2. The molecule has 0 radical (unpaired) electrons. The van der Waals surface area contributed by atoms with E-state index in [2.05, 4.69) is 32.5 Å². The van der Waals surface area contributed by atoms with Crippen LogP contribution in [0.2, 0.25) is 0 Å². The van der Waals surface area contributed by atoms with Crippen LogP contribution in [-0.2, 0) is 26.3 Å². The van der Waals surface area contributed by atoms with Crippen molar-refractivity contribution in [2.75, 3.05) is 11.5 Å². The number of aryl methyl sites for hydroxylation is 2. The molecule has 2 amide bonds. The van der Waals surface area contributed by atoms with Crippen LogP contribution in [0, 0.1) is 6.92 Å². The van der Waals surface area contributed by atoms with E-state index in [4.69, 9.17) is 15.6 Å². The van der Waals surface area contributed by atoms with E-state index in [1.165, 1.54) is 28.0 Å². The lowest BCUT2D eigenvalue weighted by molar-refractivity contribution is -0.671. The number of amides is 2. The van der Waals surface area contributed by atoms with Crippen LogP contribution in [0.4, 0.5) is 5.13 Å². The van der Waals surface area contributed by atoms with Gasteiger partial charge in [0.05, 0.1) is 5.69 Å². The van der Waals surface area contributed by atoms with E-state index in [1.54, 1.807) is 13.8 Å². The molecule has 3 N–H and O–H groups in total. The Hall–Kier alpha value is -3.34. The largest absolute Gasteiger partial charge is 0.392 e. The first-order valence-electron chi connectivity index (χ1n) is 12.0. The number of anilines is 1. The van der Waals surface area contributed by atoms with Crippen LogP contribution in [0.25, 0.3) is 16.8 Å². The minimum Gasteiger partial charge on any atom is -0.392 e. The van der Waals surface area contributed by atoms with E-state index in [0.29, 0.717) is 16.3 Å². The van der Waals surface area contributed by atoms with Crippen molar-refractivity contribution in [1.29, 1.82) is 0 Å². The lowest BCUT2D eigenvalue weighted by atomic mass is 10.0. The first-order chi connectivity index (χ1) is 19.0. The summed E-state index contributed by atoms with van der Waals surface area (Å²) in [6.45, 7) is 5.47. The summed E-state index contributed by atoms with van der Waals surface area (Å²) in [6, 6.07) is 3.05. The molecule has 3 aromatic heterocycles. The van der Waals surface area contributed by atoms with Gasteiger partial charge in [-0.2, -0.15) is 9.36 Å². The van der Waals surface area contributed by atoms with Crippen molar-refractivity contribution in [3.63, 3.8) is 0 Å². The highest BCUT2D eigenvalue weighted by molar-refractivity contribution is 8.00. The van der Waals surface area contributed by atoms with Gasteiger partial charge in [-0.15, -0.1) is 23.1 Å². The maximum absolute atomic E-state index is 13.3. The van der Waals surface area contributed by atoms with E-state index < -0.39 is 28.3 Å². The van der Waals surface area contributed by atoms with E-state index >= 15 is 0 Å². The van der Waals surface area contributed by atoms with Crippen LogP contribution in [0.1, 0.15) is 29.6 Å². The highest BCUT2D eigenvalue weighted by atomic mass is 32.2. The number of rotatable bonds is 8. The fraction of sp³-hybridized carbons (Fsp3) is 0.333. The monoisotopic (exact) mass is 617 g/mol. The topological polar surface area (TPSA) is 157 Å². The lowest BCUT2D eigenvalue weighted by Crippen LogP contribution is -2.70. The summed E-state index contributed by atoms with van der Waals surface area (Å²) >= 11 is 7.88. The Morgan fingerprint density at radius 2 is 2.02 bits per heavy atom. The van der Waals surface area contributed by atoms with Crippen molar-refractivity contribution in [1.82, 2.24) is 24.6 Å². The molecular formula is C24H25N8O4S4+. The molecular weight excluding hydrogens is 593 g/mol. The highest BCUT2D eigenvalue weighted by Crippen LogP contribution is 2.45. The number of nitrogens with two attached hydrogens (primary N) is 1. The van der Waals surface area contributed by atoms with Gasteiger partial charge in [0.25, 0.3) is 11.8 Å². The molecule has 2 aliphatic heterocycles. The van der Waals surface area contributed by atoms with Gasteiger partial charge in [-0.05, 0) is 20.8 Å². The predicted molar refractivity (Wildman–Crippen MR) is 156 cm³/mol. The molecule has 0 saturated carbocycles. The molecule has 16 heteroatoms. The zero-order chi connectivity index (χ0) is 28.7. The van der Waals surface area contributed by atoms with E-state index in [-0.39, 0.29) is 28.5 Å². The summed E-state index contributed by atoms with van der Waals surface area (Å²) in [5.74, 6) is -0.738. The fourth-order valence-corrected chi connectivity index (χ4v) is 7.21. The number of pyridine rings is 1. The number of thiol groups is 1. The minimum absolute atomic E-state index is 0.00361. The number of hydrogen-bond donors (Lipinski definition) is 3. The Bertz CT molecular complexity index is 1560. The Morgan fingerprint density at radius 1 is 1.30 bits per heavy atom. The number of nitrogen functional groups attached to an aromatic ring is 1. The standard InChI is InChI=1S/C24H24N8O4S4/c1-10(2)36-29-15(18-28-24(25)40-30-18)19(33)26-16-21(34)32-17(23(35)37)13(9-38-22(16)32)20-27-14(11(3)39-20)12-5-7-31(4)8-6-12/h5-8,10,16,22H,9H2,1-4H3,(H3-,25,26,28,30,33,35,37)/p+1/b29-15-/t16-,22-/m1/s1. The number of carbonyl (C=O) groups is 3. The summed E-state index contributed by atoms with van der Waals surface area (Å²) < 4.78 is 5.98. The SMILES string of the molecule is Cc1sc(C2=C(C(=O)S)N3C(=O)[C@@H](NC(=O)/C(=N\OC(C)C)c4nsc(N)n4)[C@H]3SC2)nc1-c1cc[n+](C)cc1. The predicted octanol–water partition coefficient (Wildman–Crippen LogP) is 1.77. The molecule has 2 atom stereocenters.